The second kappa shape index (κ2) is 3.79. The summed E-state index contributed by atoms with van der Waals surface area (Å²) in [4.78, 5) is 7.43. The van der Waals surface area contributed by atoms with Crippen molar-refractivity contribution in [1.29, 1.82) is 0 Å². The highest BCUT2D eigenvalue weighted by Gasteiger charge is 2.09. The summed E-state index contributed by atoms with van der Waals surface area (Å²) >= 11 is 9.12. The molecule has 0 aliphatic carbocycles. The van der Waals surface area contributed by atoms with Gasteiger partial charge in [0.1, 0.15) is 17.1 Å². The molecule has 2 aromatic rings. The zero-order chi connectivity index (χ0) is 10.1. The summed E-state index contributed by atoms with van der Waals surface area (Å²) in [6.07, 6.45) is 0. The molecular formula is C9H8BrClN2O. The molecule has 5 heteroatoms. The number of imidazole rings is 1. The smallest absolute Gasteiger partial charge is 0.135 e. The van der Waals surface area contributed by atoms with E-state index in [0.717, 1.165) is 27.1 Å². The van der Waals surface area contributed by atoms with Crippen LogP contribution >= 0.6 is 27.5 Å². The maximum absolute atomic E-state index is 5.68. The first kappa shape index (κ1) is 9.80. The van der Waals surface area contributed by atoms with Gasteiger partial charge in [0.25, 0.3) is 0 Å². The van der Waals surface area contributed by atoms with E-state index in [-0.39, 0.29) is 0 Å². The average molecular weight is 276 g/mol. The zero-order valence-electron chi connectivity index (χ0n) is 7.47. The first-order valence-electron chi connectivity index (χ1n) is 4.03. The minimum absolute atomic E-state index is 0.378. The molecule has 1 aromatic heterocycles. The number of nitrogens with one attached hydrogen (secondary N) is 1. The van der Waals surface area contributed by atoms with Crippen molar-refractivity contribution in [2.24, 2.45) is 0 Å². The molecule has 0 amide bonds. The fraction of sp³-hybridized carbons (Fsp3) is 0.222. The summed E-state index contributed by atoms with van der Waals surface area (Å²) in [5, 5.41) is 0. The number of benzene rings is 1. The maximum Gasteiger partial charge on any atom is 0.135 e. The van der Waals surface area contributed by atoms with Crippen molar-refractivity contribution in [2.45, 2.75) is 5.88 Å². The summed E-state index contributed by atoms with van der Waals surface area (Å²) in [6, 6.07) is 3.80. The number of methoxy groups -OCH3 is 1. The minimum Gasteiger partial charge on any atom is -0.495 e. The normalized spacial score (nSPS) is 10.8. The van der Waals surface area contributed by atoms with Gasteiger partial charge in [-0.2, -0.15) is 0 Å². The summed E-state index contributed by atoms with van der Waals surface area (Å²) in [6.45, 7) is 0. The Morgan fingerprint density at radius 2 is 2.36 bits per heavy atom. The topological polar surface area (TPSA) is 37.9 Å². The third kappa shape index (κ3) is 1.48. The Morgan fingerprint density at radius 1 is 1.57 bits per heavy atom. The Kier molecular flexibility index (Phi) is 2.65. The highest BCUT2D eigenvalue weighted by atomic mass is 79.9. The van der Waals surface area contributed by atoms with E-state index >= 15 is 0 Å². The number of rotatable bonds is 2. The monoisotopic (exact) mass is 274 g/mol. The molecule has 0 saturated heterocycles. The van der Waals surface area contributed by atoms with Crippen LogP contribution in [0.15, 0.2) is 16.6 Å². The van der Waals surface area contributed by atoms with Gasteiger partial charge in [-0.3, -0.25) is 0 Å². The predicted molar refractivity (Wildman–Crippen MR) is 59.9 cm³/mol. The molecule has 0 atom stereocenters. The molecule has 0 bridgehead atoms. The summed E-state index contributed by atoms with van der Waals surface area (Å²) in [5.41, 5.74) is 1.80. The van der Waals surface area contributed by atoms with Crippen molar-refractivity contribution in [2.75, 3.05) is 7.11 Å². The van der Waals surface area contributed by atoms with Crippen LogP contribution in [0.1, 0.15) is 5.82 Å². The van der Waals surface area contributed by atoms with Gasteiger partial charge in [0.2, 0.25) is 0 Å². The predicted octanol–water partition coefficient (Wildman–Crippen LogP) is 3.07. The first-order chi connectivity index (χ1) is 6.76. The number of halogens is 2. The first-order valence-corrected chi connectivity index (χ1v) is 5.36. The molecule has 0 unspecified atom stereocenters. The Hall–Kier alpha value is -0.740. The van der Waals surface area contributed by atoms with Gasteiger partial charge in [0, 0.05) is 0 Å². The Balaban J connectivity index is 2.68. The van der Waals surface area contributed by atoms with E-state index in [1.165, 1.54) is 0 Å². The molecule has 0 radical (unpaired) electrons. The molecule has 0 aliphatic heterocycles. The van der Waals surface area contributed by atoms with Crippen LogP contribution in [0.2, 0.25) is 0 Å². The number of ether oxygens (including phenoxy) is 1. The standard InChI is InChI=1S/C9H8BrClN2O/c1-14-6-3-2-5-9(8(6)10)13-7(4-11)12-5/h2-3H,4H2,1H3,(H,12,13). The number of hydrogen-bond donors (Lipinski definition) is 1. The van der Waals surface area contributed by atoms with E-state index in [2.05, 4.69) is 25.9 Å². The van der Waals surface area contributed by atoms with Gasteiger partial charge in [-0.1, -0.05) is 0 Å². The molecule has 0 spiro atoms. The molecule has 14 heavy (non-hydrogen) atoms. The molecule has 3 nitrogen and oxygen atoms in total. The largest absolute Gasteiger partial charge is 0.495 e. The molecule has 0 fully saturated rings. The van der Waals surface area contributed by atoms with Crippen molar-refractivity contribution < 1.29 is 4.74 Å². The van der Waals surface area contributed by atoms with Crippen molar-refractivity contribution in [3.05, 3.63) is 22.4 Å². The second-order valence-electron chi connectivity index (χ2n) is 2.80. The van der Waals surface area contributed by atoms with Crippen LogP contribution in [-0.4, -0.2) is 17.1 Å². The summed E-state index contributed by atoms with van der Waals surface area (Å²) in [5.74, 6) is 1.91. The van der Waals surface area contributed by atoms with Gasteiger partial charge in [-0.05, 0) is 28.1 Å². The van der Waals surface area contributed by atoms with Gasteiger partial charge in [-0.15, -0.1) is 11.6 Å². The third-order valence-corrected chi connectivity index (χ3v) is 2.97. The van der Waals surface area contributed by atoms with E-state index < -0.39 is 0 Å². The molecule has 74 valence electrons. The lowest BCUT2D eigenvalue weighted by Crippen LogP contribution is -1.84. The van der Waals surface area contributed by atoms with E-state index in [1.54, 1.807) is 7.11 Å². The number of H-pyrrole nitrogens is 1. The number of hydrogen-bond acceptors (Lipinski definition) is 2. The van der Waals surface area contributed by atoms with Crippen LogP contribution in [0.5, 0.6) is 5.75 Å². The summed E-state index contributed by atoms with van der Waals surface area (Å²) in [7, 11) is 1.63. The maximum atomic E-state index is 5.68. The molecular weight excluding hydrogens is 267 g/mol. The Labute approximate surface area is 94.6 Å². The number of aromatic nitrogens is 2. The SMILES string of the molecule is COc1ccc2[nH]c(CCl)nc2c1Br. The van der Waals surface area contributed by atoms with Gasteiger partial charge in [0.05, 0.1) is 23.0 Å². The van der Waals surface area contributed by atoms with E-state index in [0.29, 0.717) is 5.88 Å². The number of aromatic amines is 1. The fourth-order valence-corrected chi connectivity index (χ4v) is 2.02. The fourth-order valence-electron chi connectivity index (χ4n) is 1.30. The van der Waals surface area contributed by atoms with Gasteiger partial charge in [0.15, 0.2) is 0 Å². The van der Waals surface area contributed by atoms with Crippen LogP contribution in [0.3, 0.4) is 0 Å². The number of nitrogens with zero attached hydrogens (tertiary/aromatic N) is 1. The molecule has 1 N–H and O–H groups in total. The Morgan fingerprint density at radius 3 is 3.00 bits per heavy atom. The van der Waals surface area contributed by atoms with Crippen LogP contribution in [-0.2, 0) is 5.88 Å². The van der Waals surface area contributed by atoms with Gasteiger partial charge < -0.3 is 9.72 Å². The van der Waals surface area contributed by atoms with Crippen LogP contribution < -0.4 is 4.74 Å². The highest BCUT2D eigenvalue weighted by molar-refractivity contribution is 9.10. The van der Waals surface area contributed by atoms with Crippen molar-refractivity contribution in [1.82, 2.24) is 9.97 Å². The second-order valence-corrected chi connectivity index (χ2v) is 3.86. The number of fused-ring (bicyclic) bond motifs is 1. The lowest BCUT2D eigenvalue weighted by atomic mass is 10.3. The highest BCUT2D eigenvalue weighted by Crippen LogP contribution is 2.31. The molecule has 0 saturated carbocycles. The number of alkyl halides is 1. The van der Waals surface area contributed by atoms with Crippen LogP contribution in [0.25, 0.3) is 11.0 Å². The molecule has 1 heterocycles. The minimum atomic E-state index is 0.378. The zero-order valence-corrected chi connectivity index (χ0v) is 9.82. The molecule has 1 aromatic carbocycles. The van der Waals surface area contributed by atoms with E-state index in [9.17, 15) is 0 Å². The lowest BCUT2D eigenvalue weighted by molar-refractivity contribution is 0.413. The molecule has 2 rings (SSSR count). The lowest BCUT2D eigenvalue weighted by Gasteiger charge is -2.01. The Bertz CT molecular complexity index is 469. The molecule has 0 aliphatic rings. The van der Waals surface area contributed by atoms with E-state index in [1.807, 2.05) is 12.1 Å². The third-order valence-electron chi connectivity index (χ3n) is 1.95. The van der Waals surface area contributed by atoms with Crippen molar-refractivity contribution in [3.8, 4) is 5.75 Å². The van der Waals surface area contributed by atoms with Crippen LogP contribution in [0, 0.1) is 0 Å². The summed E-state index contributed by atoms with van der Waals surface area (Å²) < 4.78 is 6.01. The van der Waals surface area contributed by atoms with Crippen molar-refractivity contribution >= 4 is 38.6 Å². The van der Waals surface area contributed by atoms with Gasteiger partial charge >= 0.3 is 0 Å². The van der Waals surface area contributed by atoms with E-state index in [4.69, 9.17) is 16.3 Å². The van der Waals surface area contributed by atoms with Gasteiger partial charge in [-0.25, -0.2) is 4.98 Å². The van der Waals surface area contributed by atoms with Crippen molar-refractivity contribution in [3.63, 3.8) is 0 Å². The average Bonchev–Trinajstić information content (AvgIpc) is 2.62. The quantitative estimate of drug-likeness (QED) is 0.855. The van der Waals surface area contributed by atoms with Crippen LogP contribution in [0.4, 0.5) is 0 Å².